The number of carbonyl (C=O) groups excluding carboxylic acids is 1. The van der Waals surface area contributed by atoms with E-state index in [0.717, 1.165) is 12.8 Å². The molecule has 0 radical (unpaired) electrons. The summed E-state index contributed by atoms with van der Waals surface area (Å²) in [5.41, 5.74) is 0. The average molecular weight is 426 g/mol. The number of amides is 1. The van der Waals surface area contributed by atoms with Crippen LogP contribution in [-0.4, -0.2) is 34.5 Å². The van der Waals surface area contributed by atoms with Crippen LogP contribution in [0.4, 0.5) is 0 Å². The van der Waals surface area contributed by atoms with Crippen LogP contribution in [0.25, 0.3) is 0 Å². The summed E-state index contributed by atoms with van der Waals surface area (Å²) in [5, 5.41) is 9.11. The largest absolute Gasteiger partial charge is 0.480 e. The lowest BCUT2D eigenvalue weighted by Crippen LogP contribution is -2.39. The van der Waals surface area contributed by atoms with Crippen LogP contribution in [-0.2, 0) is 9.59 Å². The lowest BCUT2D eigenvalue weighted by atomic mass is 10.1. The van der Waals surface area contributed by atoms with Gasteiger partial charge in [0.2, 0.25) is 5.91 Å². The van der Waals surface area contributed by atoms with Crippen LogP contribution in [0.5, 0.6) is 0 Å². The number of aliphatic carboxylic acids is 1. The number of carbonyl (C=O) groups is 2. The second kappa shape index (κ2) is 18.2. The molecule has 0 saturated carbocycles. The highest BCUT2D eigenvalue weighted by Gasteiger charge is 2.32. The molecule has 31 heavy (non-hydrogen) atoms. The zero-order valence-electron chi connectivity index (χ0n) is 19.0. The van der Waals surface area contributed by atoms with Crippen LogP contribution in [0.3, 0.4) is 0 Å². The van der Waals surface area contributed by atoms with Crippen LogP contribution in [0.2, 0.25) is 0 Å². The van der Waals surface area contributed by atoms with E-state index in [1.165, 1.54) is 55.9 Å². The summed E-state index contributed by atoms with van der Waals surface area (Å²) < 4.78 is 0. The van der Waals surface area contributed by atoms with E-state index in [-0.39, 0.29) is 5.91 Å². The van der Waals surface area contributed by atoms with Crippen molar-refractivity contribution in [3.63, 3.8) is 0 Å². The third kappa shape index (κ3) is 13.3. The number of likely N-dealkylation sites (tertiary alicyclic amines) is 1. The van der Waals surface area contributed by atoms with E-state index in [4.69, 9.17) is 5.11 Å². The number of carboxylic acid groups (broad SMARTS) is 1. The number of rotatable bonds is 15. The molecular formula is C27H39NO3. The third-order valence-corrected chi connectivity index (χ3v) is 5.17. The zero-order chi connectivity index (χ0) is 22.6. The fourth-order valence-electron chi connectivity index (χ4n) is 3.43. The number of allylic oxidation sites excluding steroid dienone is 11. The molecule has 0 aromatic carbocycles. The maximum atomic E-state index is 12.0. The first-order chi connectivity index (χ1) is 15.2. The van der Waals surface area contributed by atoms with Crippen molar-refractivity contribution >= 4 is 11.9 Å². The minimum Gasteiger partial charge on any atom is -0.480 e. The minimum atomic E-state index is -0.929. The number of carboxylic acids is 1. The molecule has 1 saturated heterocycles. The Balaban J connectivity index is 2.12. The van der Waals surface area contributed by atoms with Gasteiger partial charge in [-0.3, -0.25) is 4.79 Å². The van der Waals surface area contributed by atoms with Crippen LogP contribution in [0.1, 0.15) is 71.1 Å². The quantitative estimate of drug-likeness (QED) is 0.184. The van der Waals surface area contributed by atoms with Crippen LogP contribution in [0, 0.1) is 0 Å². The van der Waals surface area contributed by atoms with Gasteiger partial charge in [-0.05, 0) is 25.7 Å². The molecule has 1 aliphatic heterocycles. The Labute approximate surface area is 188 Å². The standard InChI is InChI=1S/C27H39NO3/c1-2-3-4-5-6-7-8-9-10-11-12-13-14-15-16-17-18-19-20-23-26(29)28-24-21-22-25(28)27(30)31/h10-20,23,25H,2-9,21-22,24H2,1H3,(H,30,31)/t25-/m0/s1. The number of unbranched alkanes of at least 4 members (excludes halogenated alkanes) is 7. The molecule has 170 valence electrons. The number of hydrogen-bond donors (Lipinski definition) is 1. The minimum absolute atomic E-state index is 0.247. The van der Waals surface area contributed by atoms with Crippen molar-refractivity contribution < 1.29 is 14.7 Å². The van der Waals surface area contributed by atoms with E-state index >= 15 is 0 Å². The summed E-state index contributed by atoms with van der Waals surface area (Å²) in [7, 11) is 0. The van der Waals surface area contributed by atoms with Crippen molar-refractivity contribution in [3.05, 3.63) is 72.9 Å². The number of hydrogen-bond acceptors (Lipinski definition) is 2. The van der Waals surface area contributed by atoms with Crippen molar-refractivity contribution in [2.24, 2.45) is 0 Å². The summed E-state index contributed by atoms with van der Waals surface area (Å²) in [6.07, 6.45) is 34.6. The third-order valence-electron chi connectivity index (χ3n) is 5.17. The van der Waals surface area contributed by atoms with Gasteiger partial charge in [-0.1, -0.05) is 112 Å². The Bertz CT molecular complexity index is 683. The number of nitrogens with zero attached hydrogens (tertiary/aromatic N) is 1. The molecule has 0 aliphatic carbocycles. The normalized spacial score (nSPS) is 17.7. The highest BCUT2D eigenvalue weighted by Crippen LogP contribution is 2.17. The Morgan fingerprint density at radius 3 is 1.97 bits per heavy atom. The van der Waals surface area contributed by atoms with Crippen molar-refractivity contribution in [2.75, 3.05) is 6.54 Å². The van der Waals surface area contributed by atoms with E-state index in [1.807, 2.05) is 42.5 Å². The second-order valence-electron chi connectivity index (χ2n) is 7.76. The summed E-state index contributed by atoms with van der Waals surface area (Å²) in [6, 6.07) is -0.686. The Hall–Kier alpha value is -2.62. The molecule has 4 heteroatoms. The Morgan fingerprint density at radius 2 is 1.35 bits per heavy atom. The van der Waals surface area contributed by atoms with Gasteiger partial charge in [0.05, 0.1) is 0 Å². The fraction of sp³-hybridized carbons (Fsp3) is 0.481. The SMILES string of the molecule is CCCCCCCCCC=CC=CC=CC=CC=CC=CC(=O)N1CCC[C@H]1C(=O)O. The molecule has 1 atom stereocenters. The van der Waals surface area contributed by atoms with E-state index in [2.05, 4.69) is 19.1 Å². The summed E-state index contributed by atoms with van der Waals surface area (Å²) >= 11 is 0. The van der Waals surface area contributed by atoms with Gasteiger partial charge in [-0.25, -0.2) is 4.79 Å². The highest BCUT2D eigenvalue weighted by atomic mass is 16.4. The monoisotopic (exact) mass is 425 g/mol. The van der Waals surface area contributed by atoms with Gasteiger partial charge in [-0.15, -0.1) is 0 Å². The molecule has 0 aromatic rings. The first-order valence-electron chi connectivity index (χ1n) is 11.7. The van der Waals surface area contributed by atoms with Crippen molar-refractivity contribution in [2.45, 2.75) is 77.2 Å². The van der Waals surface area contributed by atoms with Crippen LogP contribution < -0.4 is 0 Å². The van der Waals surface area contributed by atoms with Crippen molar-refractivity contribution in [3.8, 4) is 0 Å². The molecule has 1 N–H and O–H groups in total. The summed E-state index contributed by atoms with van der Waals surface area (Å²) in [5.74, 6) is -1.18. The molecule has 1 heterocycles. The Morgan fingerprint density at radius 1 is 0.806 bits per heavy atom. The van der Waals surface area contributed by atoms with Crippen LogP contribution >= 0.6 is 0 Å². The predicted molar refractivity (Wildman–Crippen MR) is 130 cm³/mol. The average Bonchev–Trinajstić information content (AvgIpc) is 3.26. The molecule has 0 spiro atoms. The van der Waals surface area contributed by atoms with E-state index in [9.17, 15) is 9.59 Å². The van der Waals surface area contributed by atoms with Gasteiger partial charge in [0.15, 0.2) is 0 Å². The molecule has 1 rings (SSSR count). The molecule has 4 nitrogen and oxygen atoms in total. The van der Waals surface area contributed by atoms with Crippen LogP contribution in [0.15, 0.2) is 72.9 Å². The topological polar surface area (TPSA) is 57.6 Å². The van der Waals surface area contributed by atoms with Crippen molar-refractivity contribution in [1.82, 2.24) is 4.90 Å². The lowest BCUT2D eigenvalue weighted by molar-refractivity contribution is -0.146. The van der Waals surface area contributed by atoms with Gasteiger partial charge in [0.25, 0.3) is 0 Å². The molecule has 1 amide bonds. The predicted octanol–water partition coefficient (Wildman–Crippen LogP) is 6.54. The van der Waals surface area contributed by atoms with E-state index < -0.39 is 12.0 Å². The zero-order valence-corrected chi connectivity index (χ0v) is 19.0. The van der Waals surface area contributed by atoms with E-state index in [0.29, 0.717) is 13.0 Å². The van der Waals surface area contributed by atoms with Gasteiger partial charge in [-0.2, -0.15) is 0 Å². The maximum absolute atomic E-state index is 12.0. The summed E-state index contributed by atoms with van der Waals surface area (Å²) in [4.78, 5) is 24.6. The lowest BCUT2D eigenvalue weighted by Gasteiger charge is -2.19. The van der Waals surface area contributed by atoms with Gasteiger partial charge in [0.1, 0.15) is 6.04 Å². The fourth-order valence-corrected chi connectivity index (χ4v) is 3.43. The molecular weight excluding hydrogens is 386 g/mol. The first-order valence-corrected chi connectivity index (χ1v) is 11.7. The Kier molecular flexibility index (Phi) is 15.5. The molecule has 1 aliphatic rings. The smallest absolute Gasteiger partial charge is 0.326 e. The molecule has 1 fully saturated rings. The van der Waals surface area contributed by atoms with Crippen molar-refractivity contribution in [1.29, 1.82) is 0 Å². The highest BCUT2D eigenvalue weighted by molar-refractivity contribution is 5.91. The van der Waals surface area contributed by atoms with Gasteiger partial charge < -0.3 is 10.0 Å². The molecule has 0 bridgehead atoms. The van der Waals surface area contributed by atoms with Gasteiger partial charge >= 0.3 is 5.97 Å². The second-order valence-corrected chi connectivity index (χ2v) is 7.76. The van der Waals surface area contributed by atoms with Gasteiger partial charge in [0, 0.05) is 12.6 Å². The molecule has 0 aromatic heterocycles. The summed E-state index contributed by atoms with van der Waals surface area (Å²) in [6.45, 7) is 2.76. The molecule has 0 unspecified atom stereocenters. The van der Waals surface area contributed by atoms with E-state index in [1.54, 1.807) is 12.2 Å². The maximum Gasteiger partial charge on any atom is 0.326 e. The first kappa shape index (κ1) is 26.4.